The van der Waals surface area contributed by atoms with Crippen molar-refractivity contribution in [3.63, 3.8) is 0 Å². The van der Waals surface area contributed by atoms with Crippen LogP contribution in [-0.4, -0.2) is 35.4 Å². The minimum atomic E-state index is 0.0634. The maximum Gasteiger partial charge on any atom is 0.272 e. The number of hydrogen-bond donors (Lipinski definition) is 1. The van der Waals surface area contributed by atoms with Crippen LogP contribution >= 0.6 is 0 Å². The molecule has 1 fully saturated rings. The summed E-state index contributed by atoms with van der Waals surface area (Å²) in [5, 5.41) is 3.22. The molecule has 1 aromatic heterocycles. The molecule has 19 heavy (non-hydrogen) atoms. The molecule has 0 spiro atoms. The second kappa shape index (κ2) is 6.55. The zero-order valence-electron chi connectivity index (χ0n) is 11.9. The maximum atomic E-state index is 12.5. The van der Waals surface area contributed by atoms with Crippen molar-refractivity contribution in [1.29, 1.82) is 0 Å². The zero-order valence-corrected chi connectivity index (χ0v) is 11.9. The highest BCUT2D eigenvalue weighted by Gasteiger charge is 2.27. The molecule has 0 atom stereocenters. The monoisotopic (exact) mass is 261 g/mol. The quantitative estimate of drug-likeness (QED) is 0.821. The van der Waals surface area contributed by atoms with Gasteiger partial charge in [0.15, 0.2) is 0 Å². The number of pyridine rings is 1. The van der Waals surface area contributed by atoms with E-state index in [2.05, 4.69) is 17.2 Å². The van der Waals surface area contributed by atoms with Crippen LogP contribution in [0.15, 0.2) is 18.3 Å². The van der Waals surface area contributed by atoms with E-state index in [1.807, 2.05) is 24.0 Å². The fourth-order valence-electron chi connectivity index (χ4n) is 2.18. The van der Waals surface area contributed by atoms with E-state index in [1.165, 1.54) is 12.8 Å². The lowest BCUT2D eigenvalue weighted by Gasteiger charge is -2.21. The highest BCUT2D eigenvalue weighted by atomic mass is 16.2. The number of amides is 1. The molecule has 0 radical (unpaired) electrons. The molecule has 2 rings (SSSR count). The Labute approximate surface area is 115 Å². The lowest BCUT2D eigenvalue weighted by molar-refractivity contribution is 0.0742. The van der Waals surface area contributed by atoms with Crippen molar-refractivity contribution in [2.24, 2.45) is 5.92 Å². The van der Waals surface area contributed by atoms with Crippen molar-refractivity contribution in [3.05, 3.63) is 24.0 Å². The fraction of sp³-hybridized carbons (Fsp3) is 0.600. The van der Waals surface area contributed by atoms with Gasteiger partial charge in [-0.3, -0.25) is 9.78 Å². The third-order valence-electron chi connectivity index (χ3n) is 3.32. The molecule has 0 saturated heterocycles. The van der Waals surface area contributed by atoms with Gasteiger partial charge in [-0.05, 0) is 44.2 Å². The van der Waals surface area contributed by atoms with E-state index in [1.54, 1.807) is 6.20 Å². The molecular formula is C15H23N3O. The van der Waals surface area contributed by atoms with Gasteiger partial charge in [0.2, 0.25) is 0 Å². The maximum absolute atomic E-state index is 12.5. The summed E-state index contributed by atoms with van der Waals surface area (Å²) in [6, 6.07) is 3.74. The van der Waals surface area contributed by atoms with Gasteiger partial charge >= 0.3 is 0 Å². The van der Waals surface area contributed by atoms with Crippen molar-refractivity contribution >= 4 is 11.6 Å². The lowest BCUT2D eigenvalue weighted by Crippen LogP contribution is -2.34. The van der Waals surface area contributed by atoms with E-state index in [0.29, 0.717) is 11.6 Å². The Bertz CT molecular complexity index is 429. The number of rotatable bonds is 7. The van der Waals surface area contributed by atoms with Crippen molar-refractivity contribution < 1.29 is 4.79 Å². The normalized spacial score (nSPS) is 14.2. The molecule has 0 aliphatic heterocycles. The van der Waals surface area contributed by atoms with Gasteiger partial charge in [-0.1, -0.05) is 6.92 Å². The van der Waals surface area contributed by atoms with E-state index in [-0.39, 0.29) is 5.91 Å². The Hall–Kier alpha value is -1.58. The van der Waals surface area contributed by atoms with Crippen LogP contribution in [0, 0.1) is 5.92 Å². The third kappa shape index (κ3) is 3.94. The summed E-state index contributed by atoms with van der Waals surface area (Å²) in [7, 11) is 0. The van der Waals surface area contributed by atoms with Crippen LogP contribution in [0.25, 0.3) is 0 Å². The summed E-state index contributed by atoms with van der Waals surface area (Å²) in [4.78, 5) is 18.7. The van der Waals surface area contributed by atoms with Crippen molar-refractivity contribution in [2.45, 2.75) is 33.1 Å². The first-order valence-electron chi connectivity index (χ1n) is 7.23. The molecule has 1 amide bonds. The van der Waals surface area contributed by atoms with Gasteiger partial charge in [-0.25, -0.2) is 0 Å². The molecule has 1 aliphatic carbocycles. The molecule has 1 N–H and O–H groups in total. The number of carbonyl (C=O) groups is 1. The van der Waals surface area contributed by atoms with Gasteiger partial charge in [-0.2, -0.15) is 0 Å². The molecule has 1 heterocycles. The standard InChI is InChI=1S/C15H23N3O/c1-3-9-18(11-12-5-6-12)15(19)14-10-13(16-4-2)7-8-17-14/h7-8,10,12H,3-6,9,11H2,1-2H3,(H,16,17). The third-order valence-corrected chi connectivity index (χ3v) is 3.32. The van der Waals surface area contributed by atoms with E-state index >= 15 is 0 Å². The first kappa shape index (κ1) is 13.8. The summed E-state index contributed by atoms with van der Waals surface area (Å²) in [6.07, 6.45) is 5.22. The van der Waals surface area contributed by atoms with Crippen molar-refractivity contribution in [1.82, 2.24) is 9.88 Å². The van der Waals surface area contributed by atoms with E-state index in [9.17, 15) is 4.79 Å². The van der Waals surface area contributed by atoms with Gasteiger partial charge < -0.3 is 10.2 Å². The van der Waals surface area contributed by atoms with Gasteiger partial charge in [0.25, 0.3) is 5.91 Å². The average molecular weight is 261 g/mol. The van der Waals surface area contributed by atoms with Gasteiger partial charge in [0.1, 0.15) is 5.69 Å². The Morgan fingerprint density at radius 2 is 2.26 bits per heavy atom. The Kier molecular flexibility index (Phi) is 4.77. The van der Waals surface area contributed by atoms with Crippen molar-refractivity contribution in [2.75, 3.05) is 25.0 Å². The predicted molar refractivity (Wildman–Crippen MR) is 77.3 cm³/mol. The number of nitrogens with zero attached hydrogens (tertiary/aromatic N) is 2. The highest BCUT2D eigenvalue weighted by Crippen LogP contribution is 2.30. The lowest BCUT2D eigenvalue weighted by atomic mass is 10.2. The second-order valence-electron chi connectivity index (χ2n) is 5.15. The molecule has 0 bridgehead atoms. The predicted octanol–water partition coefficient (Wildman–Crippen LogP) is 2.78. The summed E-state index contributed by atoms with van der Waals surface area (Å²) >= 11 is 0. The van der Waals surface area contributed by atoms with Crippen LogP contribution in [0.3, 0.4) is 0 Å². The molecule has 1 aliphatic rings. The summed E-state index contributed by atoms with van der Waals surface area (Å²) in [5.41, 5.74) is 1.51. The molecule has 4 heteroatoms. The molecule has 4 nitrogen and oxygen atoms in total. The van der Waals surface area contributed by atoms with Crippen LogP contribution in [0.4, 0.5) is 5.69 Å². The highest BCUT2D eigenvalue weighted by molar-refractivity contribution is 5.93. The second-order valence-corrected chi connectivity index (χ2v) is 5.15. The topological polar surface area (TPSA) is 45.2 Å². The average Bonchev–Trinajstić information content (AvgIpc) is 3.22. The number of carbonyl (C=O) groups excluding carboxylic acids is 1. The number of nitrogens with one attached hydrogen (secondary N) is 1. The van der Waals surface area contributed by atoms with Crippen molar-refractivity contribution in [3.8, 4) is 0 Å². The van der Waals surface area contributed by atoms with Crippen LogP contribution in [0.5, 0.6) is 0 Å². The smallest absolute Gasteiger partial charge is 0.272 e. The largest absolute Gasteiger partial charge is 0.385 e. The van der Waals surface area contributed by atoms with Gasteiger partial charge in [0, 0.05) is 31.5 Å². The van der Waals surface area contributed by atoms with Gasteiger partial charge in [0.05, 0.1) is 0 Å². The summed E-state index contributed by atoms with van der Waals surface area (Å²) in [6.45, 7) is 6.70. The molecule has 1 aromatic rings. The van der Waals surface area contributed by atoms with Gasteiger partial charge in [-0.15, -0.1) is 0 Å². The molecular weight excluding hydrogens is 238 g/mol. The van der Waals surface area contributed by atoms with Crippen LogP contribution in [0.2, 0.25) is 0 Å². The first-order valence-corrected chi connectivity index (χ1v) is 7.23. The Morgan fingerprint density at radius 3 is 2.89 bits per heavy atom. The van der Waals surface area contributed by atoms with E-state index < -0.39 is 0 Å². The van der Waals surface area contributed by atoms with E-state index in [0.717, 1.165) is 31.7 Å². The van der Waals surface area contributed by atoms with E-state index in [4.69, 9.17) is 0 Å². The molecule has 0 unspecified atom stereocenters. The number of anilines is 1. The van der Waals surface area contributed by atoms with Crippen LogP contribution < -0.4 is 5.32 Å². The Balaban J connectivity index is 2.08. The SMILES string of the molecule is CCCN(CC1CC1)C(=O)c1cc(NCC)ccn1. The fourth-order valence-corrected chi connectivity index (χ4v) is 2.18. The minimum absolute atomic E-state index is 0.0634. The minimum Gasteiger partial charge on any atom is -0.385 e. The molecule has 0 aromatic carbocycles. The zero-order chi connectivity index (χ0) is 13.7. The number of hydrogen-bond acceptors (Lipinski definition) is 3. The Morgan fingerprint density at radius 1 is 1.47 bits per heavy atom. The molecule has 1 saturated carbocycles. The summed E-state index contributed by atoms with van der Waals surface area (Å²) < 4.78 is 0. The van der Waals surface area contributed by atoms with Crippen LogP contribution in [0.1, 0.15) is 43.6 Å². The van der Waals surface area contributed by atoms with Crippen LogP contribution in [-0.2, 0) is 0 Å². The summed E-state index contributed by atoms with van der Waals surface area (Å²) in [5.74, 6) is 0.779. The number of aromatic nitrogens is 1. The molecule has 104 valence electrons. The first-order chi connectivity index (χ1) is 9.24.